The van der Waals surface area contributed by atoms with E-state index in [0.717, 1.165) is 11.1 Å². The van der Waals surface area contributed by atoms with Crippen molar-refractivity contribution in [2.24, 2.45) is 17.3 Å². The van der Waals surface area contributed by atoms with Crippen LogP contribution in [0.5, 0.6) is 0 Å². The second kappa shape index (κ2) is 11.1. The van der Waals surface area contributed by atoms with Crippen molar-refractivity contribution in [2.75, 3.05) is 0 Å². The lowest BCUT2D eigenvalue weighted by molar-refractivity contribution is -0.117. The summed E-state index contributed by atoms with van der Waals surface area (Å²) in [6, 6.07) is 12.4. The van der Waals surface area contributed by atoms with Gasteiger partial charge < -0.3 is 4.57 Å². The minimum Gasteiger partial charge on any atom is -0.331 e. The lowest BCUT2D eigenvalue weighted by atomic mass is 10.00. The van der Waals surface area contributed by atoms with Gasteiger partial charge in [0.15, 0.2) is 5.82 Å². The first-order chi connectivity index (χ1) is 16.0. The fourth-order valence-corrected chi connectivity index (χ4v) is 3.27. The largest absolute Gasteiger partial charge is 0.331 e. The predicted molar refractivity (Wildman–Crippen MR) is 124 cm³/mol. The molecule has 0 radical (unpaired) electrons. The third-order valence-electron chi connectivity index (χ3n) is 4.77. The zero-order valence-corrected chi connectivity index (χ0v) is 17.9. The van der Waals surface area contributed by atoms with Crippen molar-refractivity contribution < 1.29 is 9.59 Å². The summed E-state index contributed by atoms with van der Waals surface area (Å²) < 4.78 is 1.66. The number of hydrogen-bond donors (Lipinski definition) is 0. The molecule has 33 heavy (non-hydrogen) atoms. The van der Waals surface area contributed by atoms with Crippen molar-refractivity contribution in [1.82, 2.24) is 9.55 Å². The monoisotopic (exact) mass is 440 g/mol. The summed E-state index contributed by atoms with van der Waals surface area (Å²) in [5, 5.41) is 7.10. The molecule has 0 fully saturated rings. The minimum absolute atomic E-state index is 0.0175. The number of hydrogen-bond acceptors (Lipinski definition) is 5. The molecule has 1 heterocycles. The molecule has 3 rings (SSSR count). The fourth-order valence-electron chi connectivity index (χ4n) is 3.27. The van der Waals surface area contributed by atoms with E-state index in [-0.39, 0.29) is 31.0 Å². The second-order valence-corrected chi connectivity index (χ2v) is 7.28. The molecule has 0 aliphatic carbocycles. The second-order valence-electron chi connectivity index (χ2n) is 7.28. The third-order valence-corrected chi connectivity index (χ3v) is 4.77. The number of imidazole rings is 1. The van der Waals surface area contributed by atoms with E-state index >= 15 is 0 Å². The van der Waals surface area contributed by atoms with Crippen LogP contribution < -0.4 is 0 Å². The van der Waals surface area contributed by atoms with Crippen LogP contribution >= 0.6 is 0 Å². The lowest BCUT2D eigenvalue weighted by Crippen LogP contribution is -2.07. The highest BCUT2D eigenvalue weighted by Gasteiger charge is 2.09. The molecule has 0 unspecified atom stereocenters. The van der Waals surface area contributed by atoms with Crippen molar-refractivity contribution in [3.63, 3.8) is 0 Å². The predicted octanol–water partition coefficient (Wildman–Crippen LogP) is 5.42. The Morgan fingerprint density at radius 1 is 1.03 bits per heavy atom. The van der Waals surface area contributed by atoms with Gasteiger partial charge in [-0.2, -0.15) is 0 Å². The lowest BCUT2D eigenvalue weighted by Gasteiger charge is -2.06. The number of azide groups is 2. The van der Waals surface area contributed by atoms with Crippen LogP contribution in [0, 0.1) is 0 Å². The van der Waals surface area contributed by atoms with Crippen molar-refractivity contribution in [3.8, 4) is 0 Å². The van der Waals surface area contributed by atoms with Gasteiger partial charge in [-0.1, -0.05) is 46.6 Å². The number of benzene rings is 2. The van der Waals surface area contributed by atoms with Crippen LogP contribution in [0.15, 0.2) is 71.2 Å². The number of Topliss-reactive ketones (excluding diaryl/α,β-unsaturated/α-hetero) is 1. The number of ketones is 2. The Morgan fingerprint density at radius 2 is 1.76 bits per heavy atom. The quantitative estimate of drug-likeness (QED) is 0.136. The van der Waals surface area contributed by atoms with E-state index in [0.29, 0.717) is 22.6 Å². The Bertz CT molecular complexity index is 1290. The maximum absolute atomic E-state index is 12.6. The molecule has 0 spiro atoms. The van der Waals surface area contributed by atoms with Crippen LogP contribution in [0.1, 0.15) is 32.9 Å². The first kappa shape index (κ1) is 23.0. The van der Waals surface area contributed by atoms with Gasteiger partial charge in [0.25, 0.3) is 0 Å². The van der Waals surface area contributed by atoms with Crippen LogP contribution in [-0.4, -0.2) is 21.1 Å². The Labute approximate surface area is 189 Å². The van der Waals surface area contributed by atoms with Crippen LogP contribution in [0.3, 0.4) is 0 Å². The number of carbonyl (C=O) groups is 2. The molecule has 0 saturated carbocycles. The molecule has 0 atom stereocenters. The van der Waals surface area contributed by atoms with Gasteiger partial charge in [0.2, 0.25) is 5.78 Å². The SMILES string of the molecule is Cn1ccnc1C(=O)/C=C/c1ccc(CC(=O)Cc2cc(CN=[N+]=[N-])cc(N=[N+]=[N-])c2)cc1. The van der Waals surface area contributed by atoms with Crippen molar-refractivity contribution in [1.29, 1.82) is 0 Å². The van der Waals surface area contributed by atoms with E-state index in [9.17, 15) is 9.59 Å². The molecule has 0 aliphatic rings. The van der Waals surface area contributed by atoms with E-state index in [1.54, 1.807) is 48.3 Å². The first-order valence-electron chi connectivity index (χ1n) is 9.97. The standard InChI is InChI=1S/C23H20N8O2/c1-31-9-8-26-23(31)22(33)7-6-16-2-4-17(5-3-16)13-21(32)14-18-10-19(15-27-29-24)12-20(11-18)28-30-25/h2-12H,13-15H2,1H3/b7-6+. The van der Waals surface area contributed by atoms with Gasteiger partial charge in [0.05, 0.1) is 6.54 Å². The molecule has 1 aromatic heterocycles. The van der Waals surface area contributed by atoms with E-state index in [1.165, 1.54) is 6.08 Å². The smallest absolute Gasteiger partial charge is 0.221 e. The normalized spacial score (nSPS) is 10.5. The van der Waals surface area contributed by atoms with Crippen LogP contribution in [0.4, 0.5) is 5.69 Å². The Morgan fingerprint density at radius 3 is 2.42 bits per heavy atom. The number of allylic oxidation sites excluding steroid dienone is 1. The molecule has 0 bridgehead atoms. The Kier molecular flexibility index (Phi) is 7.75. The minimum atomic E-state index is -0.190. The molecule has 3 aromatic rings. The summed E-state index contributed by atoms with van der Waals surface area (Å²) in [6.45, 7) is 0.101. The number of aromatic nitrogens is 2. The molecule has 0 saturated heterocycles. The molecule has 0 aliphatic heterocycles. The third kappa shape index (κ3) is 6.67. The Hall–Kier alpha value is -4.65. The van der Waals surface area contributed by atoms with Gasteiger partial charge in [0, 0.05) is 47.8 Å². The highest BCUT2D eigenvalue weighted by Crippen LogP contribution is 2.20. The average Bonchev–Trinajstić information content (AvgIpc) is 3.23. The highest BCUT2D eigenvalue weighted by atomic mass is 16.1. The molecular formula is C23H20N8O2. The highest BCUT2D eigenvalue weighted by molar-refractivity contribution is 6.04. The van der Waals surface area contributed by atoms with Gasteiger partial charge in [-0.05, 0) is 51.5 Å². The number of carbonyl (C=O) groups excluding carboxylic acids is 2. The topological polar surface area (TPSA) is 149 Å². The van der Waals surface area contributed by atoms with Gasteiger partial charge in [0.1, 0.15) is 5.78 Å². The molecule has 0 amide bonds. The van der Waals surface area contributed by atoms with Gasteiger partial charge in [-0.25, -0.2) is 4.98 Å². The summed E-state index contributed by atoms with van der Waals surface area (Å²) in [5.74, 6) is 0.154. The summed E-state index contributed by atoms with van der Waals surface area (Å²) in [5.41, 5.74) is 20.6. The van der Waals surface area contributed by atoms with Crippen LogP contribution in [0.25, 0.3) is 27.0 Å². The summed E-state index contributed by atoms with van der Waals surface area (Å²) in [4.78, 5) is 34.3. The molecular weight excluding hydrogens is 420 g/mol. The maximum atomic E-state index is 12.6. The molecule has 10 heteroatoms. The van der Waals surface area contributed by atoms with Gasteiger partial charge >= 0.3 is 0 Å². The summed E-state index contributed by atoms with van der Waals surface area (Å²) in [6.07, 6.45) is 6.83. The molecule has 10 nitrogen and oxygen atoms in total. The average molecular weight is 440 g/mol. The molecule has 2 aromatic carbocycles. The summed E-state index contributed by atoms with van der Waals surface area (Å²) >= 11 is 0. The fraction of sp³-hybridized carbons (Fsp3) is 0.174. The van der Waals surface area contributed by atoms with Crippen molar-refractivity contribution in [2.45, 2.75) is 19.4 Å². The Balaban J connectivity index is 1.64. The summed E-state index contributed by atoms with van der Waals surface area (Å²) in [7, 11) is 1.76. The molecule has 0 N–H and O–H groups in total. The van der Waals surface area contributed by atoms with E-state index < -0.39 is 0 Å². The van der Waals surface area contributed by atoms with Crippen LogP contribution in [0.2, 0.25) is 0 Å². The first-order valence-corrected chi connectivity index (χ1v) is 9.97. The van der Waals surface area contributed by atoms with E-state index in [2.05, 4.69) is 25.0 Å². The van der Waals surface area contributed by atoms with Crippen molar-refractivity contribution in [3.05, 3.63) is 110 Å². The zero-order chi connectivity index (χ0) is 23.6. The maximum Gasteiger partial charge on any atom is 0.221 e. The number of aryl methyl sites for hydroxylation is 1. The zero-order valence-electron chi connectivity index (χ0n) is 17.9. The van der Waals surface area contributed by atoms with Crippen molar-refractivity contribution >= 4 is 23.3 Å². The van der Waals surface area contributed by atoms with Gasteiger partial charge in [-0.15, -0.1) is 0 Å². The number of rotatable bonds is 10. The number of nitrogens with zero attached hydrogens (tertiary/aromatic N) is 8. The van der Waals surface area contributed by atoms with E-state index in [4.69, 9.17) is 11.1 Å². The van der Waals surface area contributed by atoms with E-state index in [1.807, 2.05) is 24.3 Å². The molecule has 164 valence electrons. The van der Waals surface area contributed by atoms with Gasteiger partial charge in [-0.3, -0.25) is 9.59 Å². The van der Waals surface area contributed by atoms with Crippen LogP contribution in [-0.2, 0) is 31.2 Å².